The summed E-state index contributed by atoms with van der Waals surface area (Å²) in [5.41, 5.74) is 15.1. The van der Waals surface area contributed by atoms with E-state index in [1.54, 1.807) is 31.5 Å². The first kappa shape index (κ1) is 38.0. The van der Waals surface area contributed by atoms with Crippen molar-refractivity contribution in [2.24, 2.45) is 5.73 Å². The number of fused-ring (bicyclic) bond motifs is 1. The lowest BCUT2D eigenvalue weighted by Gasteiger charge is -2.25. The summed E-state index contributed by atoms with van der Waals surface area (Å²) in [6, 6.07) is 9.94. The van der Waals surface area contributed by atoms with Gasteiger partial charge < -0.3 is 57.2 Å². The average molecular weight is 655 g/mol. The summed E-state index contributed by atoms with van der Waals surface area (Å²) in [6.45, 7) is 4.38. The molecular weight excluding hydrogens is 608 g/mol. The number of aldehydes is 1. The average Bonchev–Trinajstić information content (AvgIpc) is 3.40. The quantitative estimate of drug-likeness (QED) is 0.0607. The van der Waals surface area contributed by atoms with Crippen LogP contribution in [0.25, 0.3) is 0 Å². The van der Waals surface area contributed by atoms with E-state index >= 15 is 0 Å². The van der Waals surface area contributed by atoms with Gasteiger partial charge in [0.25, 0.3) is 5.91 Å². The van der Waals surface area contributed by atoms with Crippen molar-refractivity contribution >= 4 is 41.8 Å². The number of ether oxygens (including phenoxy) is 2. The highest BCUT2D eigenvalue weighted by Crippen LogP contribution is 2.31. The SMILES string of the molecule is CNC(=O)C(CCC=O)N1Cc2c(NC(=O)COCCNCCN/C=C(\N)CNC=O)cccc2C1=O.COc1cc(C)ccc1N. The van der Waals surface area contributed by atoms with Gasteiger partial charge in [-0.15, -0.1) is 0 Å². The first-order valence-corrected chi connectivity index (χ1v) is 15.1. The first-order chi connectivity index (χ1) is 22.7. The van der Waals surface area contributed by atoms with E-state index in [1.165, 1.54) is 11.9 Å². The maximum Gasteiger partial charge on any atom is 0.255 e. The van der Waals surface area contributed by atoms with Crippen molar-refractivity contribution in [2.75, 3.05) is 64.6 Å². The number of aryl methyl sites for hydroxylation is 1. The Labute approximate surface area is 274 Å². The molecule has 0 bridgehead atoms. The molecule has 0 fully saturated rings. The fraction of sp³-hybridized carbons (Fsp3) is 0.406. The van der Waals surface area contributed by atoms with E-state index in [4.69, 9.17) is 20.9 Å². The third-order valence-electron chi connectivity index (χ3n) is 6.92. The van der Waals surface area contributed by atoms with Gasteiger partial charge >= 0.3 is 0 Å². The molecule has 0 spiro atoms. The van der Waals surface area contributed by atoms with E-state index in [0.29, 0.717) is 67.1 Å². The van der Waals surface area contributed by atoms with Gasteiger partial charge in [-0.25, -0.2) is 0 Å². The summed E-state index contributed by atoms with van der Waals surface area (Å²) >= 11 is 0. The number of carbonyl (C=O) groups excluding carboxylic acids is 5. The molecule has 9 N–H and O–H groups in total. The van der Waals surface area contributed by atoms with Crippen LogP contribution in [0.2, 0.25) is 0 Å². The summed E-state index contributed by atoms with van der Waals surface area (Å²) < 4.78 is 10.4. The molecule has 0 radical (unpaired) electrons. The van der Waals surface area contributed by atoms with Gasteiger partial charge in [0.2, 0.25) is 18.2 Å². The molecule has 47 heavy (non-hydrogen) atoms. The normalized spacial score (nSPS) is 12.6. The highest BCUT2D eigenvalue weighted by molar-refractivity contribution is 6.04. The van der Waals surface area contributed by atoms with E-state index in [-0.39, 0.29) is 50.3 Å². The van der Waals surface area contributed by atoms with Crippen molar-refractivity contribution < 1.29 is 33.4 Å². The van der Waals surface area contributed by atoms with E-state index in [9.17, 15) is 24.0 Å². The lowest BCUT2D eigenvalue weighted by Crippen LogP contribution is -2.46. The first-order valence-electron chi connectivity index (χ1n) is 15.1. The number of nitrogens with one attached hydrogen (secondary N) is 5. The van der Waals surface area contributed by atoms with Crippen LogP contribution in [0.1, 0.15) is 34.3 Å². The lowest BCUT2D eigenvalue weighted by molar-refractivity contribution is -0.125. The third kappa shape index (κ3) is 12.6. The second-order valence-corrected chi connectivity index (χ2v) is 10.4. The maximum atomic E-state index is 13.0. The van der Waals surface area contributed by atoms with Gasteiger partial charge in [-0.2, -0.15) is 0 Å². The zero-order chi connectivity index (χ0) is 34.6. The third-order valence-corrected chi connectivity index (χ3v) is 6.92. The van der Waals surface area contributed by atoms with Crippen LogP contribution in [-0.4, -0.2) is 94.9 Å². The number of hydrogen-bond acceptors (Lipinski definition) is 11. The van der Waals surface area contributed by atoms with Gasteiger partial charge in [0.05, 0.1) is 25.9 Å². The number of nitrogens with zero attached hydrogens (tertiary/aromatic N) is 1. The van der Waals surface area contributed by atoms with Gasteiger partial charge in [-0.1, -0.05) is 12.1 Å². The van der Waals surface area contributed by atoms with E-state index in [2.05, 4.69) is 26.6 Å². The van der Waals surface area contributed by atoms with Crippen LogP contribution < -0.4 is 42.8 Å². The van der Waals surface area contributed by atoms with Crippen LogP contribution in [0.4, 0.5) is 11.4 Å². The lowest BCUT2D eigenvalue weighted by atomic mass is 10.1. The summed E-state index contributed by atoms with van der Waals surface area (Å²) in [6.07, 6.45) is 3.28. The fourth-order valence-electron chi connectivity index (χ4n) is 4.56. The minimum atomic E-state index is -0.780. The second-order valence-electron chi connectivity index (χ2n) is 10.4. The summed E-state index contributed by atoms with van der Waals surface area (Å²) in [4.78, 5) is 60.1. The Morgan fingerprint density at radius 2 is 1.89 bits per heavy atom. The predicted octanol–water partition coefficient (Wildman–Crippen LogP) is 0.00232. The molecule has 1 heterocycles. The molecule has 3 rings (SSSR count). The molecule has 0 saturated heterocycles. The molecule has 1 aliphatic rings. The fourth-order valence-corrected chi connectivity index (χ4v) is 4.56. The number of nitrogen functional groups attached to an aromatic ring is 1. The predicted molar refractivity (Wildman–Crippen MR) is 178 cm³/mol. The van der Waals surface area contributed by atoms with Crippen molar-refractivity contribution in [3.63, 3.8) is 0 Å². The second kappa shape index (κ2) is 20.8. The Hall–Kier alpha value is -5.15. The van der Waals surface area contributed by atoms with Crippen LogP contribution >= 0.6 is 0 Å². The summed E-state index contributed by atoms with van der Waals surface area (Å²) in [5.74, 6) is -0.286. The molecule has 1 unspecified atom stereocenters. The standard InChI is InChI=1S/C24H35N7O6.C8H11NO/c1-26-23(35)21(6-3-10-32)31-14-19-18(24(31)36)4-2-5-20(19)30-22(34)15-37-11-9-27-7-8-28-12-17(25)13-29-16-33;1-6-3-4-7(9)8(5-6)10-2/h2,4-5,10,12,16,21,27-28H,3,6-9,11,13-15,25H2,1H3,(H,26,35)(H,29,33)(H,30,34);3-5H,9H2,1-2H3/b17-12-;. The maximum absolute atomic E-state index is 13.0. The molecule has 4 amide bonds. The van der Waals surface area contributed by atoms with Crippen molar-refractivity contribution in [3.05, 3.63) is 65.0 Å². The number of anilines is 2. The Morgan fingerprint density at radius 1 is 1.11 bits per heavy atom. The van der Waals surface area contributed by atoms with Gasteiger partial charge in [0.15, 0.2) is 0 Å². The number of nitrogens with two attached hydrogens (primary N) is 2. The Morgan fingerprint density at radius 3 is 2.57 bits per heavy atom. The number of amides is 4. The molecule has 1 aliphatic heterocycles. The zero-order valence-electron chi connectivity index (χ0n) is 27.1. The number of likely N-dealkylation sites (N-methyl/N-ethyl adjacent to an activating group) is 1. The van der Waals surface area contributed by atoms with Gasteiger partial charge in [0.1, 0.15) is 24.7 Å². The molecule has 15 heteroatoms. The van der Waals surface area contributed by atoms with Crippen molar-refractivity contribution in [1.82, 2.24) is 26.2 Å². The van der Waals surface area contributed by atoms with E-state index in [1.807, 2.05) is 25.1 Å². The van der Waals surface area contributed by atoms with Crippen LogP contribution in [0.5, 0.6) is 5.75 Å². The summed E-state index contributed by atoms with van der Waals surface area (Å²) in [5, 5.41) is 13.9. The highest BCUT2D eigenvalue weighted by Gasteiger charge is 2.37. The number of carbonyl (C=O) groups is 5. The molecular formula is C32H46N8O7. The van der Waals surface area contributed by atoms with Gasteiger partial charge in [0, 0.05) is 68.4 Å². The molecule has 2 aromatic rings. The molecule has 0 aliphatic carbocycles. The van der Waals surface area contributed by atoms with Crippen molar-refractivity contribution in [3.8, 4) is 5.75 Å². The monoisotopic (exact) mass is 654 g/mol. The van der Waals surface area contributed by atoms with E-state index < -0.39 is 6.04 Å². The summed E-state index contributed by atoms with van der Waals surface area (Å²) in [7, 11) is 3.10. The van der Waals surface area contributed by atoms with Gasteiger partial charge in [-0.3, -0.25) is 19.2 Å². The molecule has 2 aromatic carbocycles. The number of rotatable bonds is 19. The molecule has 0 saturated carbocycles. The van der Waals surface area contributed by atoms with Crippen LogP contribution in [0.3, 0.4) is 0 Å². The molecule has 1 atom stereocenters. The minimum Gasteiger partial charge on any atom is -0.495 e. The van der Waals surface area contributed by atoms with E-state index in [0.717, 1.165) is 11.3 Å². The van der Waals surface area contributed by atoms with Crippen molar-refractivity contribution in [1.29, 1.82) is 0 Å². The molecule has 15 nitrogen and oxygen atoms in total. The Bertz CT molecular complexity index is 1390. The number of benzene rings is 2. The van der Waals surface area contributed by atoms with Crippen LogP contribution in [0, 0.1) is 6.92 Å². The Kier molecular flexibility index (Phi) is 16.8. The van der Waals surface area contributed by atoms with Crippen molar-refractivity contribution in [2.45, 2.75) is 32.4 Å². The number of hydrogen-bond donors (Lipinski definition) is 7. The van der Waals surface area contributed by atoms with Crippen LogP contribution in [-0.2, 0) is 30.5 Å². The topological polar surface area (TPSA) is 219 Å². The zero-order valence-corrected chi connectivity index (χ0v) is 27.1. The van der Waals surface area contributed by atoms with Crippen LogP contribution in [0.15, 0.2) is 48.3 Å². The largest absolute Gasteiger partial charge is 0.495 e. The Balaban J connectivity index is 0.000000651. The smallest absolute Gasteiger partial charge is 0.255 e. The number of methoxy groups -OCH3 is 1. The molecule has 256 valence electrons. The molecule has 0 aromatic heterocycles. The minimum absolute atomic E-state index is 0.148. The van der Waals surface area contributed by atoms with Gasteiger partial charge in [-0.05, 0) is 43.2 Å². The highest BCUT2D eigenvalue weighted by atomic mass is 16.5.